The summed E-state index contributed by atoms with van der Waals surface area (Å²) in [5.41, 5.74) is 7.23. The third kappa shape index (κ3) is 3.54. The van der Waals surface area contributed by atoms with Crippen molar-refractivity contribution in [2.45, 2.75) is 38.6 Å². The van der Waals surface area contributed by atoms with Gasteiger partial charge in [-0.2, -0.15) is 0 Å². The van der Waals surface area contributed by atoms with Gasteiger partial charge in [0.25, 0.3) is 0 Å². The highest BCUT2D eigenvalue weighted by Gasteiger charge is 2.22. The number of hydrogen-bond donors (Lipinski definition) is 2. The molecule has 0 saturated carbocycles. The minimum Gasteiger partial charge on any atom is -0.330 e. The fourth-order valence-corrected chi connectivity index (χ4v) is 3.31. The highest BCUT2D eigenvalue weighted by Crippen LogP contribution is 2.17. The topological polar surface area (TPSA) is 72.2 Å². The molecular weight excluding hydrogens is 248 g/mol. The molecule has 0 heterocycles. The lowest BCUT2D eigenvalue weighted by atomic mass is 10.1. The predicted molar refractivity (Wildman–Crippen MR) is 73.9 cm³/mol. The first-order valence-electron chi connectivity index (χ1n) is 6.07. The molecule has 0 aromatic heterocycles. The van der Waals surface area contributed by atoms with Crippen LogP contribution in [0.1, 0.15) is 25.0 Å². The van der Waals surface area contributed by atoms with Gasteiger partial charge in [-0.05, 0) is 50.4 Å². The molecule has 0 bridgehead atoms. The highest BCUT2D eigenvalue weighted by molar-refractivity contribution is 7.89. The Morgan fingerprint density at radius 2 is 1.89 bits per heavy atom. The van der Waals surface area contributed by atoms with Crippen molar-refractivity contribution in [1.29, 1.82) is 0 Å². The second kappa shape index (κ2) is 5.82. The van der Waals surface area contributed by atoms with Crippen molar-refractivity contribution in [3.05, 3.63) is 29.3 Å². The van der Waals surface area contributed by atoms with Gasteiger partial charge in [-0.15, -0.1) is 0 Å². The van der Waals surface area contributed by atoms with E-state index in [0.29, 0.717) is 11.4 Å². The third-order valence-electron chi connectivity index (χ3n) is 3.20. The van der Waals surface area contributed by atoms with Gasteiger partial charge in [0.2, 0.25) is 10.0 Å². The average molecular weight is 270 g/mol. The minimum atomic E-state index is -3.47. The lowest BCUT2D eigenvalue weighted by molar-refractivity contribution is 0.453. The standard InChI is InChI=1S/C13H22N2O2S/c1-9-5-6-10(2)13(7-9)18(16,17)15-12(4)11(3)8-14/h5-7,11-12,15H,8,14H2,1-4H3. The molecule has 1 rings (SSSR count). The smallest absolute Gasteiger partial charge is 0.241 e. The van der Waals surface area contributed by atoms with Gasteiger partial charge in [0.05, 0.1) is 4.90 Å². The quantitative estimate of drug-likeness (QED) is 0.853. The fraction of sp³-hybridized carbons (Fsp3) is 0.538. The van der Waals surface area contributed by atoms with Gasteiger partial charge in [0.15, 0.2) is 0 Å². The number of sulfonamides is 1. The SMILES string of the molecule is Cc1ccc(C)c(S(=O)(=O)NC(C)C(C)CN)c1. The van der Waals surface area contributed by atoms with E-state index in [0.717, 1.165) is 11.1 Å². The summed E-state index contributed by atoms with van der Waals surface area (Å²) < 4.78 is 27.3. The Morgan fingerprint density at radius 1 is 1.28 bits per heavy atom. The maximum Gasteiger partial charge on any atom is 0.241 e. The molecular formula is C13H22N2O2S. The Balaban J connectivity index is 3.03. The van der Waals surface area contributed by atoms with Crippen LogP contribution in [0.3, 0.4) is 0 Å². The van der Waals surface area contributed by atoms with Crippen molar-refractivity contribution in [3.63, 3.8) is 0 Å². The van der Waals surface area contributed by atoms with E-state index in [2.05, 4.69) is 4.72 Å². The first-order valence-corrected chi connectivity index (χ1v) is 7.56. The molecule has 0 spiro atoms. The molecule has 1 aromatic rings. The first-order chi connectivity index (χ1) is 8.27. The van der Waals surface area contributed by atoms with Crippen LogP contribution in [0.2, 0.25) is 0 Å². The fourth-order valence-electron chi connectivity index (χ4n) is 1.63. The van der Waals surface area contributed by atoms with Crippen molar-refractivity contribution < 1.29 is 8.42 Å². The van der Waals surface area contributed by atoms with Gasteiger partial charge in [0.1, 0.15) is 0 Å². The molecule has 1 aromatic carbocycles. The summed E-state index contributed by atoms with van der Waals surface area (Å²) in [4.78, 5) is 0.346. The van der Waals surface area contributed by atoms with Crippen LogP contribution in [0.5, 0.6) is 0 Å². The Kier molecular flexibility index (Phi) is 4.90. The normalized spacial score (nSPS) is 15.4. The van der Waals surface area contributed by atoms with Crippen molar-refractivity contribution in [3.8, 4) is 0 Å². The summed E-state index contributed by atoms with van der Waals surface area (Å²) in [5.74, 6) is 0.102. The van der Waals surface area contributed by atoms with E-state index in [9.17, 15) is 8.42 Å². The van der Waals surface area contributed by atoms with Crippen LogP contribution < -0.4 is 10.5 Å². The maximum atomic E-state index is 12.3. The third-order valence-corrected chi connectivity index (χ3v) is 4.90. The summed E-state index contributed by atoms with van der Waals surface area (Å²) in [6, 6.07) is 5.23. The Bertz CT molecular complexity index is 512. The van der Waals surface area contributed by atoms with Gasteiger partial charge in [-0.1, -0.05) is 19.1 Å². The number of aryl methyl sites for hydroxylation is 2. The summed E-state index contributed by atoms with van der Waals surface area (Å²) in [5, 5.41) is 0. The van der Waals surface area contributed by atoms with Gasteiger partial charge in [-0.25, -0.2) is 13.1 Å². The van der Waals surface area contributed by atoms with Crippen molar-refractivity contribution >= 4 is 10.0 Å². The number of rotatable bonds is 5. The highest BCUT2D eigenvalue weighted by atomic mass is 32.2. The largest absolute Gasteiger partial charge is 0.330 e. The molecule has 5 heteroatoms. The molecule has 0 aliphatic heterocycles. The average Bonchev–Trinajstić information content (AvgIpc) is 2.30. The zero-order chi connectivity index (χ0) is 13.9. The molecule has 0 aliphatic carbocycles. The number of nitrogens with one attached hydrogen (secondary N) is 1. The minimum absolute atomic E-state index is 0.102. The van der Waals surface area contributed by atoms with Crippen LogP contribution in [0.25, 0.3) is 0 Å². The van der Waals surface area contributed by atoms with Gasteiger partial charge >= 0.3 is 0 Å². The van der Waals surface area contributed by atoms with Crippen molar-refractivity contribution in [2.75, 3.05) is 6.54 Å². The van der Waals surface area contributed by atoms with Crippen LogP contribution in [-0.2, 0) is 10.0 Å². The molecule has 4 nitrogen and oxygen atoms in total. The van der Waals surface area contributed by atoms with Crippen LogP contribution in [0.4, 0.5) is 0 Å². The Hall–Kier alpha value is -0.910. The van der Waals surface area contributed by atoms with E-state index in [-0.39, 0.29) is 12.0 Å². The van der Waals surface area contributed by atoms with E-state index in [1.54, 1.807) is 13.0 Å². The second-order valence-corrected chi connectivity index (χ2v) is 6.57. The van der Waals surface area contributed by atoms with Gasteiger partial charge in [-0.3, -0.25) is 0 Å². The van der Waals surface area contributed by atoms with Crippen LogP contribution in [0, 0.1) is 19.8 Å². The van der Waals surface area contributed by atoms with E-state index in [4.69, 9.17) is 5.73 Å². The molecule has 0 aliphatic rings. The summed E-state index contributed by atoms with van der Waals surface area (Å²) in [6.07, 6.45) is 0. The molecule has 0 amide bonds. The second-order valence-electron chi connectivity index (χ2n) is 4.89. The Labute approximate surface area is 110 Å². The summed E-state index contributed by atoms with van der Waals surface area (Å²) >= 11 is 0. The predicted octanol–water partition coefficient (Wildman–Crippen LogP) is 1.57. The molecule has 102 valence electrons. The maximum absolute atomic E-state index is 12.3. The molecule has 18 heavy (non-hydrogen) atoms. The van der Waals surface area contributed by atoms with Crippen LogP contribution in [-0.4, -0.2) is 21.0 Å². The van der Waals surface area contributed by atoms with E-state index in [1.807, 2.05) is 32.9 Å². The monoisotopic (exact) mass is 270 g/mol. The first kappa shape index (κ1) is 15.1. The molecule has 2 atom stereocenters. The lowest BCUT2D eigenvalue weighted by Crippen LogP contribution is -2.39. The summed E-state index contributed by atoms with van der Waals surface area (Å²) in [7, 11) is -3.47. The molecule has 0 radical (unpaired) electrons. The van der Waals surface area contributed by atoms with Crippen molar-refractivity contribution in [1.82, 2.24) is 4.72 Å². The summed E-state index contributed by atoms with van der Waals surface area (Å²) in [6.45, 7) is 7.89. The van der Waals surface area contributed by atoms with E-state index >= 15 is 0 Å². The molecule has 0 fully saturated rings. The lowest BCUT2D eigenvalue weighted by Gasteiger charge is -2.20. The van der Waals surface area contributed by atoms with Crippen LogP contribution >= 0.6 is 0 Å². The van der Waals surface area contributed by atoms with E-state index < -0.39 is 10.0 Å². The zero-order valence-corrected chi connectivity index (χ0v) is 12.2. The van der Waals surface area contributed by atoms with E-state index in [1.165, 1.54) is 0 Å². The molecule has 2 unspecified atom stereocenters. The zero-order valence-electron chi connectivity index (χ0n) is 11.4. The number of hydrogen-bond acceptors (Lipinski definition) is 3. The van der Waals surface area contributed by atoms with Gasteiger partial charge in [0, 0.05) is 6.04 Å². The van der Waals surface area contributed by atoms with Crippen molar-refractivity contribution in [2.24, 2.45) is 11.7 Å². The number of benzene rings is 1. The molecule has 0 saturated heterocycles. The van der Waals surface area contributed by atoms with Crippen LogP contribution in [0.15, 0.2) is 23.1 Å². The molecule has 3 N–H and O–H groups in total. The Morgan fingerprint density at radius 3 is 2.44 bits per heavy atom. The number of nitrogens with two attached hydrogens (primary N) is 1. The van der Waals surface area contributed by atoms with Gasteiger partial charge < -0.3 is 5.73 Å².